The summed E-state index contributed by atoms with van der Waals surface area (Å²) in [6.07, 6.45) is -1.05. The smallest absolute Gasteiger partial charge is 0.409 e. The number of ether oxygens (including phenoxy) is 1. The van der Waals surface area contributed by atoms with Crippen molar-refractivity contribution in [3.8, 4) is 0 Å². The first-order chi connectivity index (χ1) is 7.35. The molecule has 0 aliphatic heterocycles. The minimum atomic E-state index is -4.36. The molecular weight excluding hydrogens is 221 g/mol. The molecule has 0 aromatic heterocycles. The van der Waals surface area contributed by atoms with E-state index in [0.29, 0.717) is 6.42 Å². The van der Waals surface area contributed by atoms with E-state index in [1.807, 2.05) is 6.92 Å². The van der Waals surface area contributed by atoms with Crippen molar-refractivity contribution in [2.45, 2.75) is 51.8 Å². The molecule has 0 saturated carbocycles. The third-order valence-electron chi connectivity index (χ3n) is 1.91. The van der Waals surface area contributed by atoms with Gasteiger partial charge in [0, 0.05) is 13.0 Å². The molecule has 0 saturated heterocycles. The topological polar surface area (TPSA) is 26.3 Å². The minimum Gasteiger partial charge on any atom is -0.458 e. The van der Waals surface area contributed by atoms with E-state index in [-0.39, 0.29) is 6.08 Å². The van der Waals surface area contributed by atoms with Crippen LogP contribution in [0.15, 0.2) is 12.2 Å². The Hall–Kier alpha value is -1.00. The first-order valence-corrected chi connectivity index (χ1v) is 5.28. The number of halogens is 3. The van der Waals surface area contributed by atoms with E-state index in [2.05, 4.69) is 0 Å². The van der Waals surface area contributed by atoms with Crippen LogP contribution in [0.1, 0.15) is 39.5 Å². The molecule has 0 unspecified atom stereocenters. The molecule has 0 heterocycles. The minimum absolute atomic E-state index is 0.118. The number of hydrogen-bond acceptors (Lipinski definition) is 2. The maximum absolute atomic E-state index is 11.9. The highest BCUT2D eigenvalue weighted by molar-refractivity contribution is 5.66. The number of allylic oxidation sites excluding steroid dienone is 1. The van der Waals surface area contributed by atoms with Crippen LogP contribution in [-0.2, 0) is 9.53 Å². The van der Waals surface area contributed by atoms with E-state index in [1.54, 1.807) is 0 Å². The Bertz CT molecular complexity index is 234. The predicted molar refractivity (Wildman–Crippen MR) is 54.9 cm³/mol. The zero-order valence-corrected chi connectivity index (χ0v) is 9.51. The van der Waals surface area contributed by atoms with Crippen molar-refractivity contribution in [1.29, 1.82) is 0 Å². The summed E-state index contributed by atoms with van der Waals surface area (Å²) in [5.74, 6) is -0.562. The van der Waals surface area contributed by atoms with Gasteiger partial charge in [0.2, 0.25) is 0 Å². The second kappa shape index (κ2) is 7.30. The van der Waals surface area contributed by atoms with Crippen molar-refractivity contribution < 1.29 is 22.7 Å². The molecule has 0 rings (SSSR count). The van der Waals surface area contributed by atoms with Crippen LogP contribution < -0.4 is 0 Å². The number of carbonyl (C=O) groups is 1. The average molecular weight is 238 g/mol. The van der Waals surface area contributed by atoms with Crippen LogP contribution in [0.3, 0.4) is 0 Å². The van der Waals surface area contributed by atoms with Crippen molar-refractivity contribution in [2.75, 3.05) is 0 Å². The summed E-state index contributed by atoms with van der Waals surface area (Å²) in [4.78, 5) is 10.7. The highest BCUT2D eigenvalue weighted by Crippen LogP contribution is 2.18. The van der Waals surface area contributed by atoms with Gasteiger partial charge in [-0.15, -0.1) is 0 Å². The molecule has 5 heteroatoms. The quantitative estimate of drug-likeness (QED) is 0.401. The molecule has 0 aliphatic carbocycles. The lowest BCUT2D eigenvalue weighted by molar-refractivity contribution is -0.144. The van der Waals surface area contributed by atoms with Crippen LogP contribution in [0.4, 0.5) is 13.2 Å². The van der Waals surface area contributed by atoms with Gasteiger partial charge in [-0.3, -0.25) is 4.79 Å². The van der Waals surface area contributed by atoms with Crippen LogP contribution in [0.25, 0.3) is 0 Å². The van der Waals surface area contributed by atoms with Gasteiger partial charge in [0.25, 0.3) is 0 Å². The van der Waals surface area contributed by atoms with Crippen LogP contribution >= 0.6 is 0 Å². The number of carbonyl (C=O) groups excluding carboxylic acids is 1. The number of hydrogen-bond donors (Lipinski definition) is 0. The fourth-order valence-corrected chi connectivity index (χ4v) is 1.22. The Kier molecular flexibility index (Phi) is 6.85. The Balaban J connectivity index is 4.20. The normalized spacial score (nSPS) is 14.1. The molecule has 94 valence electrons. The molecule has 0 radical (unpaired) electrons. The molecule has 0 aliphatic rings. The number of unbranched alkanes of at least 4 members (excludes halogenated alkanes) is 2. The SMILES string of the molecule is CCCCC[C@@H](/C=C/C(F)(F)F)OC(C)=O. The molecule has 0 N–H and O–H groups in total. The van der Waals surface area contributed by atoms with E-state index >= 15 is 0 Å². The molecular formula is C11H17F3O2. The second-order valence-electron chi connectivity index (χ2n) is 3.54. The van der Waals surface area contributed by atoms with Crippen molar-refractivity contribution in [1.82, 2.24) is 0 Å². The van der Waals surface area contributed by atoms with Gasteiger partial charge in [0.15, 0.2) is 0 Å². The van der Waals surface area contributed by atoms with Gasteiger partial charge in [0.1, 0.15) is 6.10 Å². The van der Waals surface area contributed by atoms with Crippen LogP contribution in [0.5, 0.6) is 0 Å². The number of esters is 1. The molecule has 0 spiro atoms. The van der Waals surface area contributed by atoms with Gasteiger partial charge < -0.3 is 4.74 Å². The third kappa shape index (κ3) is 9.55. The standard InChI is InChI=1S/C11H17F3O2/c1-3-4-5-6-10(16-9(2)15)7-8-11(12,13)14/h7-8,10H,3-6H2,1-2H3/b8-7+/t10-/m0/s1. The molecule has 0 bridgehead atoms. The van der Waals surface area contributed by atoms with E-state index in [4.69, 9.17) is 4.74 Å². The maximum Gasteiger partial charge on any atom is 0.409 e. The largest absolute Gasteiger partial charge is 0.458 e. The van der Waals surface area contributed by atoms with Crippen molar-refractivity contribution in [3.05, 3.63) is 12.2 Å². The van der Waals surface area contributed by atoms with Gasteiger partial charge in [-0.2, -0.15) is 13.2 Å². The Morgan fingerprint density at radius 2 is 2.00 bits per heavy atom. The zero-order chi connectivity index (χ0) is 12.6. The van der Waals surface area contributed by atoms with Crippen molar-refractivity contribution in [2.24, 2.45) is 0 Å². The summed E-state index contributed by atoms with van der Waals surface area (Å²) in [6, 6.07) is 0. The highest BCUT2D eigenvalue weighted by atomic mass is 19.4. The lowest BCUT2D eigenvalue weighted by atomic mass is 10.1. The van der Waals surface area contributed by atoms with E-state index in [9.17, 15) is 18.0 Å². The van der Waals surface area contributed by atoms with E-state index < -0.39 is 18.2 Å². The summed E-state index contributed by atoms with van der Waals surface area (Å²) in [5.41, 5.74) is 0. The zero-order valence-electron chi connectivity index (χ0n) is 9.51. The summed E-state index contributed by atoms with van der Waals surface area (Å²) in [7, 11) is 0. The highest BCUT2D eigenvalue weighted by Gasteiger charge is 2.23. The van der Waals surface area contributed by atoms with Gasteiger partial charge >= 0.3 is 12.1 Å². The monoisotopic (exact) mass is 238 g/mol. The van der Waals surface area contributed by atoms with E-state index in [1.165, 1.54) is 6.92 Å². The van der Waals surface area contributed by atoms with Gasteiger partial charge in [-0.05, 0) is 18.9 Å². The predicted octanol–water partition coefficient (Wildman–Crippen LogP) is 3.62. The molecule has 0 aromatic carbocycles. The Labute approximate surface area is 93.5 Å². The summed E-state index contributed by atoms with van der Waals surface area (Å²) < 4.78 is 40.5. The van der Waals surface area contributed by atoms with E-state index in [0.717, 1.165) is 25.3 Å². The first kappa shape index (κ1) is 15.0. The molecule has 2 nitrogen and oxygen atoms in total. The van der Waals surface area contributed by atoms with Gasteiger partial charge in [0.05, 0.1) is 0 Å². The average Bonchev–Trinajstić information content (AvgIpc) is 2.12. The van der Waals surface area contributed by atoms with Crippen LogP contribution in [-0.4, -0.2) is 18.2 Å². The Morgan fingerprint density at radius 1 is 1.38 bits per heavy atom. The number of rotatable bonds is 6. The summed E-state index contributed by atoms with van der Waals surface area (Å²) >= 11 is 0. The summed E-state index contributed by atoms with van der Waals surface area (Å²) in [5, 5.41) is 0. The first-order valence-electron chi connectivity index (χ1n) is 5.28. The molecule has 16 heavy (non-hydrogen) atoms. The fraction of sp³-hybridized carbons (Fsp3) is 0.727. The third-order valence-corrected chi connectivity index (χ3v) is 1.91. The molecule has 1 atom stereocenters. The fourth-order valence-electron chi connectivity index (χ4n) is 1.22. The Morgan fingerprint density at radius 3 is 2.44 bits per heavy atom. The lowest BCUT2D eigenvalue weighted by Gasteiger charge is -2.13. The van der Waals surface area contributed by atoms with Crippen LogP contribution in [0, 0.1) is 0 Å². The van der Waals surface area contributed by atoms with Crippen molar-refractivity contribution in [3.63, 3.8) is 0 Å². The van der Waals surface area contributed by atoms with Gasteiger partial charge in [-0.25, -0.2) is 0 Å². The van der Waals surface area contributed by atoms with Crippen LogP contribution in [0.2, 0.25) is 0 Å². The van der Waals surface area contributed by atoms with Crippen molar-refractivity contribution >= 4 is 5.97 Å². The molecule has 0 aromatic rings. The molecule has 0 fully saturated rings. The molecule has 0 amide bonds. The van der Waals surface area contributed by atoms with Gasteiger partial charge in [-0.1, -0.05) is 19.8 Å². The lowest BCUT2D eigenvalue weighted by Crippen LogP contribution is -2.15. The number of alkyl halides is 3. The second-order valence-corrected chi connectivity index (χ2v) is 3.54. The maximum atomic E-state index is 11.9. The summed E-state index contributed by atoms with van der Waals surface area (Å²) in [6.45, 7) is 3.18.